The first-order valence-corrected chi connectivity index (χ1v) is 2.27. The second-order valence-electron chi connectivity index (χ2n) is 0.532. The summed E-state index contributed by atoms with van der Waals surface area (Å²) in [5, 5.41) is 0. The molecular weight excluding hydrogens is 104 g/mol. The molecule has 0 fully saturated rings. The van der Waals surface area contributed by atoms with Gasteiger partial charge in [-0.3, -0.25) is 0 Å². The molecule has 0 heterocycles. The first-order chi connectivity index (χ1) is 2.77. The third-order valence-electron chi connectivity index (χ3n) is 0.166. The summed E-state index contributed by atoms with van der Waals surface area (Å²) in [5.41, 5.74) is 2.08. The molecule has 36 valence electrons. The van der Waals surface area contributed by atoms with Crippen LogP contribution in [0.5, 0.6) is 0 Å². The summed E-state index contributed by atoms with van der Waals surface area (Å²) >= 11 is 0. The molecule has 0 bridgehead atoms. The van der Waals surface area contributed by atoms with E-state index in [2.05, 4.69) is 9.90 Å². The molecule has 5 heteroatoms. The van der Waals surface area contributed by atoms with Crippen molar-refractivity contribution in [1.29, 1.82) is 0 Å². The predicted octanol–water partition coefficient (Wildman–Crippen LogP) is -0.816. The molecule has 0 saturated heterocycles. The number of rotatable bonds is 1. The Morgan fingerprint density at radius 2 is 2.17 bits per heavy atom. The molecule has 0 saturated carbocycles. The monoisotopic (exact) mass is 108 g/mol. The van der Waals surface area contributed by atoms with E-state index in [-0.39, 0.29) is 0 Å². The van der Waals surface area contributed by atoms with Crippen molar-refractivity contribution < 1.29 is 8.42 Å². The van der Waals surface area contributed by atoms with Crippen LogP contribution in [0.1, 0.15) is 0 Å². The summed E-state index contributed by atoms with van der Waals surface area (Å²) in [5.74, 6) is 0. The van der Waals surface area contributed by atoms with Crippen molar-refractivity contribution in [3.63, 3.8) is 0 Å². The van der Waals surface area contributed by atoms with Crippen LogP contribution in [0.2, 0.25) is 0 Å². The predicted molar refractivity (Wildman–Crippen MR) is 20.4 cm³/mol. The highest BCUT2D eigenvalue weighted by Crippen LogP contribution is 1.43. The van der Waals surface area contributed by atoms with Gasteiger partial charge in [0.05, 0.1) is 0 Å². The standard InChI is InChI=1S/CH4N2O2S/c1-2-3-6(4)5/h2H,1H3. The third-order valence-corrected chi connectivity index (χ3v) is 0.497. The average molecular weight is 108 g/mol. The molecule has 0 aliphatic rings. The molecular formula is CH4N2O2S. The van der Waals surface area contributed by atoms with Crippen molar-refractivity contribution in [3.8, 4) is 0 Å². The number of hydrogen-bond acceptors (Lipinski definition) is 3. The first kappa shape index (κ1) is 5.58. The Labute approximate surface area is 36.9 Å². The van der Waals surface area contributed by atoms with E-state index in [1.807, 2.05) is 0 Å². The van der Waals surface area contributed by atoms with E-state index in [4.69, 9.17) is 0 Å². The molecule has 0 radical (unpaired) electrons. The number of hydrogen-bond donors (Lipinski definition) is 1. The van der Waals surface area contributed by atoms with Gasteiger partial charge in [0.2, 0.25) is 0 Å². The summed E-state index contributed by atoms with van der Waals surface area (Å²) in [6, 6.07) is 0. The first-order valence-electron chi connectivity index (χ1n) is 1.24. The Morgan fingerprint density at radius 3 is 2.17 bits per heavy atom. The van der Waals surface area contributed by atoms with Gasteiger partial charge in [-0.2, -0.15) is 8.42 Å². The van der Waals surface area contributed by atoms with E-state index in [1.54, 1.807) is 0 Å². The minimum Gasteiger partial charge on any atom is -0.201 e. The maximum absolute atomic E-state index is 9.37. The van der Waals surface area contributed by atoms with Gasteiger partial charge in [0.15, 0.2) is 0 Å². The molecule has 0 spiro atoms. The van der Waals surface area contributed by atoms with Gasteiger partial charge in [0, 0.05) is 7.05 Å². The van der Waals surface area contributed by atoms with Crippen LogP contribution in [-0.4, -0.2) is 15.5 Å². The zero-order chi connectivity index (χ0) is 4.99. The fourth-order valence-corrected chi connectivity index (χ4v) is 0.224. The number of nitrogens with zero attached hydrogens (tertiary/aromatic N) is 1. The van der Waals surface area contributed by atoms with Crippen molar-refractivity contribution in [1.82, 2.24) is 5.43 Å². The molecule has 0 aromatic rings. The lowest BCUT2D eigenvalue weighted by Gasteiger charge is -1.65. The highest BCUT2D eigenvalue weighted by atomic mass is 32.2. The van der Waals surface area contributed by atoms with Crippen LogP contribution in [0.25, 0.3) is 0 Å². The zero-order valence-corrected chi connectivity index (χ0v) is 3.99. The Morgan fingerprint density at radius 1 is 1.67 bits per heavy atom. The fraction of sp³-hybridized carbons (Fsp3) is 1.00. The highest BCUT2D eigenvalue weighted by Gasteiger charge is 1.57. The third kappa shape index (κ3) is 3.58. The Kier molecular flexibility index (Phi) is 2.60. The zero-order valence-electron chi connectivity index (χ0n) is 3.17. The second kappa shape index (κ2) is 2.80. The summed E-state index contributed by atoms with van der Waals surface area (Å²) < 4.78 is 21.5. The van der Waals surface area contributed by atoms with Crippen molar-refractivity contribution in [2.24, 2.45) is 4.47 Å². The molecule has 0 aliphatic carbocycles. The van der Waals surface area contributed by atoms with Crippen molar-refractivity contribution >= 4 is 10.5 Å². The van der Waals surface area contributed by atoms with Gasteiger partial charge in [-0.25, -0.2) is 5.43 Å². The second-order valence-corrected chi connectivity index (χ2v) is 1.15. The van der Waals surface area contributed by atoms with Crippen LogP contribution in [0, 0.1) is 0 Å². The molecule has 1 N–H and O–H groups in total. The molecule has 0 unspecified atom stereocenters. The van der Waals surface area contributed by atoms with Gasteiger partial charge in [-0.1, -0.05) is 4.47 Å². The quantitative estimate of drug-likeness (QED) is 0.446. The summed E-state index contributed by atoms with van der Waals surface area (Å²) in [6.45, 7) is 0. The van der Waals surface area contributed by atoms with Crippen molar-refractivity contribution in [2.45, 2.75) is 0 Å². The molecule has 0 atom stereocenters. The van der Waals surface area contributed by atoms with E-state index in [0.717, 1.165) is 0 Å². The van der Waals surface area contributed by atoms with Gasteiger partial charge in [0.1, 0.15) is 0 Å². The minimum absolute atomic E-state index is 1.41. The fourth-order valence-electron chi connectivity index (χ4n) is 0.0745. The largest absolute Gasteiger partial charge is 0.327 e. The Hall–Kier alpha value is -0.420. The Bertz CT molecular complexity index is 126. The average Bonchev–Trinajstić information content (AvgIpc) is 1.35. The summed E-state index contributed by atoms with van der Waals surface area (Å²) in [7, 11) is -0.889. The summed E-state index contributed by atoms with van der Waals surface area (Å²) in [4.78, 5) is 0. The van der Waals surface area contributed by atoms with Gasteiger partial charge in [0.25, 0.3) is 0 Å². The lowest BCUT2D eigenvalue weighted by molar-refractivity contribution is 0.617. The van der Waals surface area contributed by atoms with E-state index in [9.17, 15) is 8.42 Å². The molecule has 0 aliphatic heterocycles. The maximum atomic E-state index is 9.37. The van der Waals surface area contributed by atoms with Crippen LogP contribution >= 0.6 is 0 Å². The lowest BCUT2D eigenvalue weighted by Crippen LogP contribution is -1.90. The van der Waals surface area contributed by atoms with Gasteiger partial charge in [-0.05, 0) is 0 Å². The molecule has 6 heavy (non-hydrogen) atoms. The SMILES string of the molecule is CNN=S(=O)=O. The Balaban J connectivity index is 3.78. The lowest BCUT2D eigenvalue weighted by atomic mass is 11.5. The molecule has 0 aromatic heterocycles. The van der Waals surface area contributed by atoms with Crippen LogP contribution in [0.4, 0.5) is 0 Å². The van der Waals surface area contributed by atoms with Crippen molar-refractivity contribution in [3.05, 3.63) is 0 Å². The highest BCUT2D eigenvalue weighted by molar-refractivity contribution is 7.61. The smallest absolute Gasteiger partial charge is 0.201 e. The molecule has 0 aromatic carbocycles. The van der Waals surface area contributed by atoms with Crippen LogP contribution in [0.15, 0.2) is 4.47 Å². The van der Waals surface area contributed by atoms with E-state index < -0.39 is 10.5 Å². The van der Waals surface area contributed by atoms with Crippen LogP contribution in [-0.2, 0) is 10.5 Å². The van der Waals surface area contributed by atoms with E-state index >= 15 is 0 Å². The van der Waals surface area contributed by atoms with E-state index in [0.29, 0.717) is 0 Å². The topological polar surface area (TPSA) is 58.5 Å². The van der Waals surface area contributed by atoms with Gasteiger partial charge >= 0.3 is 10.5 Å². The summed E-state index contributed by atoms with van der Waals surface area (Å²) in [6.07, 6.45) is 0. The maximum Gasteiger partial charge on any atom is 0.327 e. The van der Waals surface area contributed by atoms with Gasteiger partial charge < -0.3 is 0 Å². The number of nitrogens with one attached hydrogen (secondary N) is 1. The van der Waals surface area contributed by atoms with Crippen LogP contribution < -0.4 is 5.43 Å². The molecule has 4 nitrogen and oxygen atoms in total. The molecule has 0 amide bonds. The van der Waals surface area contributed by atoms with Gasteiger partial charge in [-0.15, -0.1) is 0 Å². The van der Waals surface area contributed by atoms with Crippen LogP contribution in [0.3, 0.4) is 0 Å². The normalized spacial score (nSPS) is 7.50. The van der Waals surface area contributed by atoms with E-state index in [1.165, 1.54) is 7.05 Å². The van der Waals surface area contributed by atoms with Crippen molar-refractivity contribution in [2.75, 3.05) is 7.05 Å². The molecule has 0 rings (SSSR count). The minimum atomic E-state index is -2.30.